The first-order valence-electron chi connectivity index (χ1n) is 8.95. The quantitative estimate of drug-likeness (QED) is 0.361. The summed E-state index contributed by atoms with van der Waals surface area (Å²) >= 11 is 0. The maximum Gasteiger partial charge on any atom is 0.291 e. The van der Waals surface area contributed by atoms with Crippen molar-refractivity contribution >= 4 is 14.7 Å². The normalized spacial score (nSPS) is 11.9. The van der Waals surface area contributed by atoms with Crippen LogP contribution in [0.25, 0.3) is 0 Å². The number of hydrogen-bond acceptors (Lipinski definition) is 4. The lowest BCUT2D eigenvalue weighted by atomic mass is 9.78. The second-order valence-corrected chi connectivity index (χ2v) is 11.3. The molecule has 0 N–H and O–H groups in total. The van der Waals surface area contributed by atoms with Gasteiger partial charge in [0.2, 0.25) is 0 Å². The molecule has 0 fully saturated rings. The van der Waals surface area contributed by atoms with Crippen LogP contribution in [-0.4, -0.2) is 0 Å². The summed E-state index contributed by atoms with van der Waals surface area (Å²) < 4.78 is 35.6. The fourth-order valence-corrected chi connectivity index (χ4v) is 4.16. The van der Waals surface area contributed by atoms with Crippen molar-refractivity contribution in [1.82, 2.24) is 0 Å². The zero-order valence-electron chi connectivity index (χ0n) is 16.8. The molecule has 29 heavy (non-hydrogen) atoms. The highest BCUT2D eigenvalue weighted by Crippen LogP contribution is 2.50. The van der Waals surface area contributed by atoms with E-state index in [9.17, 15) is 9.13 Å². The molecule has 0 atom stereocenters. The molecule has 0 aromatic heterocycles. The fourth-order valence-electron chi connectivity index (χ4n) is 2.66. The van der Waals surface area contributed by atoms with E-state index in [0.717, 1.165) is 11.1 Å². The Labute approximate surface area is 173 Å². The van der Waals surface area contributed by atoms with E-state index in [4.69, 9.17) is 9.05 Å². The molecule has 0 saturated heterocycles. The first kappa shape index (κ1) is 22.7. The second kappa shape index (κ2) is 8.86. The summed E-state index contributed by atoms with van der Waals surface area (Å²) in [5.41, 5.74) is 1.79. The number of benzene rings is 2. The van der Waals surface area contributed by atoms with Crippen molar-refractivity contribution in [1.29, 1.82) is 0 Å². The lowest BCUT2D eigenvalue weighted by Crippen LogP contribution is -2.18. The molecule has 0 radical (unpaired) electrons. The molecule has 0 aliphatic rings. The minimum atomic E-state index is -3.07. The predicted octanol–water partition coefficient (Wildman–Crippen LogP) is 7.90. The van der Waals surface area contributed by atoms with Crippen molar-refractivity contribution in [2.75, 3.05) is 0 Å². The summed E-state index contributed by atoms with van der Waals surface area (Å²) in [6, 6.07) is 14.8. The second-order valence-electron chi connectivity index (χ2n) is 6.88. The molecule has 2 aromatic rings. The number of hydrogen-bond donors (Lipinski definition) is 0. The summed E-state index contributed by atoms with van der Waals surface area (Å²) in [5.74, 6) is 6.08. The SMILES string of the molecule is C=CP(=O)(C=C)Oc1ccc(C(C)(C)c2ccc(OP(=O)(C=C)C=C)cc2)cc1. The Hall–Kier alpha value is -2.54. The number of rotatable bonds is 10. The largest absolute Gasteiger partial charge is 0.438 e. The van der Waals surface area contributed by atoms with Crippen molar-refractivity contribution in [3.63, 3.8) is 0 Å². The van der Waals surface area contributed by atoms with Crippen LogP contribution in [0.4, 0.5) is 0 Å². The van der Waals surface area contributed by atoms with Crippen LogP contribution in [0, 0.1) is 0 Å². The molecule has 0 aliphatic heterocycles. The van der Waals surface area contributed by atoms with Gasteiger partial charge < -0.3 is 9.05 Å². The molecule has 0 saturated carbocycles. The Kier molecular flexibility index (Phi) is 6.95. The summed E-state index contributed by atoms with van der Waals surface area (Å²) in [4.78, 5) is 0. The van der Waals surface area contributed by atoms with Gasteiger partial charge in [-0.15, -0.1) is 0 Å². The summed E-state index contributed by atoms with van der Waals surface area (Å²) in [5, 5.41) is 0. The molecule has 152 valence electrons. The van der Waals surface area contributed by atoms with Crippen molar-refractivity contribution in [3.8, 4) is 11.5 Å². The Morgan fingerprint density at radius 2 is 0.931 bits per heavy atom. The van der Waals surface area contributed by atoms with Crippen LogP contribution >= 0.6 is 14.7 Å². The molecule has 2 aromatic carbocycles. The van der Waals surface area contributed by atoms with Crippen LogP contribution in [0.3, 0.4) is 0 Å². The first-order valence-corrected chi connectivity index (χ1v) is 12.5. The maximum atomic E-state index is 12.3. The smallest absolute Gasteiger partial charge is 0.291 e. The third-order valence-electron chi connectivity index (χ3n) is 4.67. The third kappa shape index (κ3) is 5.29. The molecule has 2 rings (SSSR count). The zero-order chi connectivity index (χ0) is 21.7. The van der Waals surface area contributed by atoms with Gasteiger partial charge in [-0.1, -0.05) is 64.4 Å². The van der Waals surface area contributed by atoms with Crippen LogP contribution in [0.15, 0.2) is 98.1 Å². The van der Waals surface area contributed by atoms with Crippen LogP contribution < -0.4 is 9.05 Å². The molecule has 0 heterocycles. The lowest BCUT2D eigenvalue weighted by Gasteiger charge is -2.27. The van der Waals surface area contributed by atoms with Crippen LogP contribution in [0.5, 0.6) is 11.5 Å². The van der Waals surface area contributed by atoms with Crippen molar-refractivity contribution in [2.24, 2.45) is 0 Å². The highest BCUT2D eigenvalue weighted by atomic mass is 31.2. The Bertz CT molecular complexity index is 897. The molecule has 6 heteroatoms. The average Bonchev–Trinajstić information content (AvgIpc) is 2.74. The topological polar surface area (TPSA) is 52.6 Å². The minimum absolute atomic E-state index is 0.307. The highest BCUT2D eigenvalue weighted by Gasteiger charge is 2.24. The zero-order valence-corrected chi connectivity index (χ0v) is 18.6. The van der Waals surface area contributed by atoms with E-state index >= 15 is 0 Å². The van der Waals surface area contributed by atoms with Gasteiger partial charge in [-0.2, -0.15) is 0 Å². The lowest BCUT2D eigenvalue weighted by molar-refractivity contribution is 0.500. The molecule has 0 aliphatic carbocycles. The van der Waals surface area contributed by atoms with Gasteiger partial charge >= 0.3 is 0 Å². The fraction of sp³-hybridized carbons (Fsp3) is 0.130. The van der Waals surface area contributed by atoms with E-state index in [0.29, 0.717) is 11.5 Å². The molecular formula is C23H26O4P2. The molecule has 0 bridgehead atoms. The van der Waals surface area contributed by atoms with Crippen molar-refractivity contribution in [3.05, 3.63) is 109 Å². The van der Waals surface area contributed by atoms with Gasteiger partial charge in [-0.05, 0) is 35.4 Å². The van der Waals surface area contributed by atoms with E-state index in [2.05, 4.69) is 40.2 Å². The summed E-state index contributed by atoms with van der Waals surface area (Å²) in [6.07, 6.45) is 0. The van der Waals surface area contributed by atoms with Crippen molar-refractivity contribution in [2.45, 2.75) is 19.3 Å². The van der Waals surface area contributed by atoms with Gasteiger partial charge in [0.15, 0.2) is 0 Å². The maximum absolute atomic E-state index is 12.3. The van der Waals surface area contributed by atoms with Crippen LogP contribution in [0.2, 0.25) is 0 Å². The van der Waals surface area contributed by atoms with Crippen molar-refractivity contribution < 1.29 is 18.2 Å². The third-order valence-corrected chi connectivity index (χ3v) is 7.69. The summed E-state index contributed by atoms with van der Waals surface area (Å²) in [7, 11) is -6.14. The van der Waals surface area contributed by atoms with Crippen LogP contribution in [0.1, 0.15) is 25.0 Å². The van der Waals surface area contributed by atoms with Gasteiger partial charge in [0.1, 0.15) is 11.5 Å². The predicted molar refractivity (Wildman–Crippen MR) is 122 cm³/mol. The van der Waals surface area contributed by atoms with Gasteiger partial charge in [-0.25, -0.2) is 0 Å². The average molecular weight is 428 g/mol. The van der Waals surface area contributed by atoms with Crippen LogP contribution in [-0.2, 0) is 14.5 Å². The molecular weight excluding hydrogens is 402 g/mol. The van der Waals surface area contributed by atoms with Gasteiger partial charge in [-0.3, -0.25) is 9.13 Å². The Morgan fingerprint density at radius 3 is 1.17 bits per heavy atom. The van der Waals surface area contributed by atoms with E-state index in [1.165, 1.54) is 23.3 Å². The monoisotopic (exact) mass is 428 g/mol. The minimum Gasteiger partial charge on any atom is -0.438 e. The van der Waals surface area contributed by atoms with E-state index in [-0.39, 0.29) is 5.41 Å². The van der Waals surface area contributed by atoms with Gasteiger partial charge in [0, 0.05) is 28.7 Å². The van der Waals surface area contributed by atoms with Gasteiger partial charge in [0.25, 0.3) is 14.7 Å². The molecule has 0 spiro atoms. The van der Waals surface area contributed by atoms with E-state index in [1.54, 1.807) is 24.3 Å². The molecule has 0 amide bonds. The highest BCUT2D eigenvalue weighted by molar-refractivity contribution is 7.66. The first-order chi connectivity index (χ1) is 13.6. The molecule has 0 unspecified atom stereocenters. The standard InChI is InChI=1S/C23H26O4P2/c1-7-28(24,8-2)26-21-15-11-19(12-16-21)23(5,6)20-13-17-22(18-14-20)27-29(25,9-3)10-4/h7-18H,1-4H2,5-6H3. The van der Waals surface area contributed by atoms with Gasteiger partial charge in [0.05, 0.1) is 0 Å². The molecule has 4 nitrogen and oxygen atoms in total. The summed E-state index contributed by atoms with van der Waals surface area (Å²) in [6.45, 7) is 18.3. The Morgan fingerprint density at radius 1 is 0.655 bits per heavy atom. The van der Waals surface area contributed by atoms with E-state index in [1.807, 2.05) is 24.3 Å². The van der Waals surface area contributed by atoms with E-state index < -0.39 is 14.7 Å². The Balaban J connectivity index is 2.24.